The van der Waals surface area contributed by atoms with E-state index >= 15 is 0 Å². The number of guanidine groups is 1. The predicted molar refractivity (Wildman–Crippen MR) is 120 cm³/mol. The summed E-state index contributed by atoms with van der Waals surface area (Å²) in [6.45, 7) is 11.6. The van der Waals surface area contributed by atoms with Crippen molar-refractivity contribution in [1.29, 1.82) is 0 Å². The van der Waals surface area contributed by atoms with Gasteiger partial charge in [0.1, 0.15) is 5.82 Å². The summed E-state index contributed by atoms with van der Waals surface area (Å²) in [6, 6.07) is 5.44. The fourth-order valence-electron chi connectivity index (χ4n) is 4.36. The van der Waals surface area contributed by atoms with Crippen molar-refractivity contribution in [3.8, 4) is 0 Å². The molecular weight excluding hydrogens is 383 g/mol. The Labute approximate surface area is 180 Å². The Balaban J connectivity index is 1.52. The second kappa shape index (κ2) is 10.4. The maximum Gasteiger partial charge on any atom is 0.191 e. The zero-order valence-corrected chi connectivity index (χ0v) is 18.8. The fourth-order valence-corrected chi connectivity index (χ4v) is 4.36. The SMILES string of the molecule is CN=C(NCc1ccc(N2CCOCC2)c(F)c1)NCC1CCCOC1C(C)(C)C. The van der Waals surface area contributed by atoms with Crippen LogP contribution in [0.3, 0.4) is 0 Å². The molecule has 2 saturated heterocycles. The molecule has 0 bridgehead atoms. The van der Waals surface area contributed by atoms with Crippen molar-refractivity contribution in [2.45, 2.75) is 46.3 Å². The first-order valence-corrected chi connectivity index (χ1v) is 11.1. The van der Waals surface area contributed by atoms with Crippen LogP contribution in [0.2, 0.25) is 0 Å². The molecule has 2 fully saturated rings. The molecule has 30 heavy (non-hydrogen) atoms. The second-order valence-corrected chi connectivity index (χ2v) is 9.25. The second-order valence-electron chi connectivity index (χ2n) is 9.25. The summed E-state index contributed by atoms with van der Waals surface area (Å²) in [4.78, 5) is 6.36. The molecule has 6 nitrogen and oxygen atoms in total. The lowest BCUT2D eigenvalue weighted by Crippen LogP contribution is -2.47. The van der Waals surface area contributed by atoms with Crippen molar-refractivity contribution in [2.24, 2.45) is 16.3 Å². The largest absolute Gasteiger partial charge is 0.378 e. The van der Waals surface area contributed by atoms with Gasteiger partial charge in [-0.05, 0) is 36.0 Å². The average molecular weight is 421 g/mol. The quantitative estimate of drug-likeness (QED) is 0.566. The average Bonchev–Trinajstić information content (AvgIpc) is 2.74. The molecule has 0 saturated carbocycles. The van der Waals surface area contributed by atoms with E-state index in [1.165, 1.54) is 0 Å². The van der Waals surface area contributed by atoms with Gasteiger partial charge in [-0.15, -0.1) is 0 Å². The lowest BCUT2D eigenvalue weighted by atomic mass is 9.78. The summed E-state index contributed by atoms with van der Waals surface area (Å²) in [6.07, 6.45) is 2.48. The van der Waals surface area contributed by atoms with Gasteiger partial charge in [-0.3, -0.25) is 4.99 Å². The smallest absolute Gasteiger partial charge is 0.191 e. The maximum absolute atomic E-state index is 14.6. The Morgan fingerprint density at radius 2 is 1.97 bits per heavy atom. The van der Waals surface area contributed by atoms with Crippen LogP contribution in [0.5, 0.6) is 0 Å². The minimum atomic E-state index is -0.188. The number of anilines is 1. The molecular formula is C23H37FN4O2. The van der Waals surface area contributed by atoms with Gasteiger partial charge in [0.05, 0.1) is 25.0 Å². The number of halogens is 1. The van der Waals surface area contributed by atoms with Crippen molar-refractivity contribution in [2.75, 3.05) is 51.4 Å². The number of rotatable bonds is 5. The van der Waals surface area contributed by atoms with Crippen LogP contribution in [0.25, 0.3) is 0 Å². The van der Waals surface area contributed by atoms with Gasteiger partial charge >= 0.3 is 0 Å². The fraction of sp³-hybridized carbons (Fsp3) is 0.696. The molecule has 2 atom stereocenters. The van der Waals surface area contributed by atoms with Crippen molar-refractivity contribution in [1.82, 2.24) is 10.6 Å². The van der Waals surface area contributed by atoms with E-state index in [2.05, 4.69) is 36.4 Å². The van der Waals surface area contributed by atoms with Gasteiger partial charge in [0, 0.05) is 45.8 Å². The number of hydrogen-bond donors (Lipinski definition) is 2. The van der Waals surface area contributed by atoms with Crippen LogP contribution < -0.4 is 15.5 Å². The van der Waals surface area contributed by atoms with Gasteiger partial charge in [-0.2, -0.15) is 0 Å². The van der Waals surface area contributed by atoms with Gasteiger partial charge in [0.2, 0.25) is 0 Å². The maximum atomic E-state index is 14.6. The predicted octanol–water partition coefficient (Wildman–Crippen LogP) is 3.17. The normalized spacial score (nSPS) is 23.4. The summed E-state index contributed by atoms with van der Waals surface area (Å²) < 4.78 is 26.0. The minimum absolute atomic E-state index is 0.115. The first-order valence-electron chi connectivity index (χ1n) is 11.1. The summed E-state index contributed by atoms with van der Waals surface area (Å²) in [5.41, 5.74) is 1.65. The Hall–Kier alpha value is -1.86. The van der Waals surface area contributed by atoms with Crippen molar-refractivity contribution in [3.63, 3.8) is 0 Å². The summed E-state index contributed by atoms with van der Waals surface area (Å²) in [7, 11) is 1.76. The van der Waals surface area contributed by atoms with Crippen LogP contribution in [0.1, 0.15) is 39.2 Å². The van der Waals surface area contributed by atoms with Gasteiger partial charge in [-0.25, -0.2) is 4.39 Å². The van der Waals surface area contributed by atoms with E-state index in [9.17, 15) is 4.39 Å². The van der Waals surface area contributed by atoms with E-state index in [1.807, 2.05) is 17.0 Å². The van der Waals surface area contributed by atoms with E-state index in [1.54, 1.807) is 13.1 Å². The number of nitrogens with zero attached hydrogens (tertiary/aromatic N) is 2. The standard InChI is InChI=1S/C23H37FN4O2/c1-23(2,3)21-18(6-5-11-30-21)16-27-22(25-4)26-15-17-7-8-20(19(24)14-17)28-9-12-29-13-10-28/h7-8,14,18,21H,5-6,9-13,15-16H2,1-4H3,(H2,25,26,27). The van der Waals surface area contributed by atoms with E-state index in [-0.39, 0.29) is 17.3 Å². The van der Waals surface area contributed by atoms with Crippen LogP contribution in [0, 0.1) is 17.2 Å². The monoisotopic (exact) mass is 420 g/mol. The highest BCUT2D eigenvalue weighted by Gasteiger charge is 2.35. The Morgan fingerprint density at radius 1 is 1.20 bits per heavy atom. The summed E-state index contributed by atoms with van der Waals surface area (Å²) in [5, 5.41) is 6.74. The van der Waals surface area contributed by atoms with Crippen LogP contribution >= 0.6 is 0 Å². The summed E-state index contributed by atoms with van der Waals surface area (Å²) in [5.74, 6) is 0.986. The van der Waals surface area contributed by atoms with Crippen molar-refractivity contribution >= 4 is 11.6 Å². The van der Waals surface area contributed by atoms with Crippen molar-refractivity contribution in [3.05, 3.63) is 29.6 Å². The van der Waals surface area contributed by atoms with E-state index in [4.69, 9.17) is 9.47 Å². The molecule has 1 aromatic carbocycles. The van der Waals surface area contributed by atoms with Gasteiger partial charge < -0.3 is 25.0 Å². The van der Waals surface area contributed by atoms with Crippen molar-refractivity contribution < 1.29 is 13.9 Å². The van der Waals surface area contributed by atoms with Gasteiger partial charge in [0.25, 0.3) is 0 Å². The molecule has 168 valence electrons. The van der Waals surface area contributed by atoms with Crippen LogP contribution in [-0.4, -0.2) is 58.6 Å². The third kappa shape index (κ3) is 6.08. The molecule has 0 amide bonds. The first kappa shape index (κ1) is 22.8. The van der Waals surface area contributed by atoms with Gasteiger partial charge in [0.15, 0.2) is 5.96 Å². The molecule has 0 spiro atoms. The van der Waals surface area contributed by atoms with Crippen LogP contribution in [0.15, 0.2) is 23.2 Å². The van der Waals surface area contributed by atoms with E-state index < -0.39 is 0 Å². The molecule has 2 aliphatic rings. The van der Waals surface area contributed by atoms with E-state index in [0.29, 0.717) is 31.4 Å². The lowest BCUT2D eigenvalue weighted by molar-refractivity contribution is -0.0835. The Bertz CT molecular complexity index is 714. The number of morpholine rings is 1. The lowest BCUT2D eigenvalue weighted by Gasteiger charge is -2.40. The molecule has 1 aromatic rings. The Kier molecular flexibility index (Phi) is 7.94. The number of nitrogens with one attached hydrogen (secondary N) is 2. The zero-order chi connectivity index (χ0) is 21.6. The highest BCUT2D eigenvalue weighted by Crippen LogP contribution is 2.33. The number of benzene rings is 1. The molecule has 2 unspecified atom stereocenters. The first-order chi connectivity index (χ1) is 14.4. The third-order valence-electron chi connectivity index (χ3n) is 5.88. The van der Waals surface area contributed by atoms with Crippen LogP contribution in [0.4, 0.5) is 10.1 Å². The molecule has 0 aliphatic carbocycles. The summed E-state index contributed by atoms with van der Waals surface area (Å²) >= 11 is 0. The molecule has 2 aliphatic heterocycles. The zero-order valence-electron chi connectivity index (χ0n) is 18.8. The minimum Gasteiger partial charge on any atom is -0.378 e. The third-order valence-corrected chi connectivity index (χ3v) is 5.88. The van der Waals surface area contributed by atoms with E-state index in [0.717, 1.165) is 50.6 Å². The number of aliphatic imine (C=N–C) groups is 1. The highest BCUT2D eigenvalue weighted by atomic mass is 19.1. The highest BCUT2D eigenvalue weighted by molar-refractivity contribution is 5.79. The number of hydrogen-bond acceptors (Lipinski definition) is 4. The number of ether oxygens (including phenoxy) is 2. The molecule has 2 N–H and O–H groups in total. The topological polar surface area (TPSA) is 58.1 Å². The molecule has 7 heteroatoms. The molecule has 0 radical (unpaired) electrons. The molecule has 0 aromatic heterocycles. The van der Waals surface area contributed by atoms with Crippen LogP contribution in [-0.2, 0) is 16.0 Å². The Morgan fingerprint density at radius 3 is 2.63 bits per heavy atom. The molecule has 3 rings (SSSR count). The van der Waals surface area contributed by atoms with Gasteiger partial charge in [-0.1, -0.05) is 26.8 Å². The molecule has 2 heterocycles.